The Bertz CT molecular complexity index is 460. The van der Waals surface area contributed by atoms with E-state index in [2.05, 4.69) is 4.36 Å². The predicted molar refractivity (Wildman–Crippen MR) is 81.9 cm³/mol. The Morgan fingerprint density at radius 2 is 2.19 bits per heavy atom. The van der Waals surface area contributed by atoms with Crippen molar-refractivity contribution in [2.45, 2.75) is 31.8 Å². The van der Waals surface area contributed by atoms with Gasteiger partial charge in [-0.1, -0.05) is 0 Å². The number of amides is 1. The molecule has 2 unspecified atom stereocenters. The molecule has 2 saturated heterocycles. The first-order valence-electron chi connectivity index (χ1n) is 7.60. The Labute approximate surface area is 127 Å². The lowest BCUT2D eigenvalue weighted by Gasteiger charge is -2.31. The van der Waals surface area contributed by atoms with Crippen molar-refractivity contribution in [2.24, 2.45) is 10.3 Å². The molecular formula is C14H26N2O4S. The summed E-state index contributed by atoms with van der Waals surface area (Å²) >= 11 is 0. The molecule has 0 aromatic carbocycles. The first kappa shape index (κ1) is 16.5. The van der Waals surface area contributed by atoms with Gasteiger partial charge in [0.05, 0.1) is 12.6 Å². The molecule has 0 bridgehead atoms. The molecular weight excluding hydrogens is 292 g/mol. The van der Waals surface area contributed by atoms with Gasteiger partial charge in [0.25, 0.3) is 0 Å². The lowest BCUT2D eigenvalue weighted by molar-refractivity contribution is 0.0250. The molecule has 2 aliphatic rings. The van der Waals surface area contributed by atoms with E-state index in [0.29, 0.717) is 19.7 Å². The fraction of sp³-hybridized carbons (Fsp3) is 0.929. The van der Waals surface area contributed by atoms with Crippen molar-refractivity contribution in [1.29, 1.82) is 0 Å². The lowest BCUT2D eigenvalue weighted by Crippen LogP contribution is -2.41. The van der Waals surface area contributed by atoms with E-state index in [-0.39, 0.29) is 18.1 Å². The summed E-state index contributed by atoms with van der Waals surface area (Å²) in [5, 5.41) is 0. The standard InChI is InChI=1S/C14H26N2O4S/c1-21(2,18)15-9-12-5-3-7-16(10-12)14(17)20-11-13-6-4-8-19-13/h12-13H,3-11H2,1-2H3. The Kier molecular flexibility index (Phi) is 5.87. The Morgan fingerprint density at radius 3 is 2.86 bits per heavy atom. The fourth-order valence-electron chi connectivity index (χ4n) is 2.70. The summed E-state index contributed by atoms with van der Waals surface area (Å²) in [6, 6.07) is 0. The second-order valence-electron chi connectivity index (χ2n) is 6.16. The van der Waals surface area contributed by atoms with Crippen LogP contribution in [0.4, 0.5) is 4.79 Å². The third-order valence-corrected chi connectivity index (χ3v) is 4.61. The van der Waals surface area contributed by atoms with E-state index in [4.69, 9.17) is 9.47 Å². The SMILES string of the molecule is CS(C)(=O)=NCC1CCCN(C(=O)OCC2CCCO2)C1. The average molecular weight is 318 g/mol. The van der Waals surface area contributed by atoms with Gasteiger partial charge in [0.1, 0.15) is 6.61 Å². The second-order valence-corrected chi connectivity index (χ2v) is 8.78. The van der Waals surface area contributed by atoms with Crippen molar-refractivity contribution in [3.8, 4) is 0 Å². The number of piperidine rings is 1. The Morgan fingerprint density at radius 1 is 1.38 bits per heavy atom. The highest BCUT2D eigenvalue weighted by atomic mass is 32.2. The molecule has 7 heteroatoms. The molecule has 2 rings (SSSR count). The van der Waals surface area contributed by atoms with Gasteiger partial charge in [0, 0.05) is 41.9 Å². The normalized spacial score (nSPS) is 26.7. The van der Waals surface area contributed by atoms with Crippen molar-refractivity contribution < 1.29 is 18.5 Å². The third-order valence-electron chi connectivity index (χ3n) is 3.84. The van der Waals surface area contributed by atoms with Gasteiger partial charge >= 0.3 is 6.09 Å². The zero-order valence-electron chi connectivity index (χ0n) is 13.0. The quantitative estimate of drug-likeness (QED) is 0.792. The van der Waals surface area contributed by atoms with E-state index >= 15 is 0 Å². The third kappa shape index (κ3) is 5.82. The topological polar surface area (TPSA) is 68.2 Å². The molecule has 0 N–H and O–H groups in total. The fourth-order valence-corrected chi connectivity index (χ4v) is 3.27. The van der Waals surface area contributed by atoms with Crippen molar-refractivity contribution in [1.82, 2.24) is 4.90 Å². The molecule has 0 spiro atoms. The summed E-state index contributed by atoms with van der Waals surface area (Å²) in [4.78, 5) is 13.8. The number of hydrogen-bond donors (Lipinski definition) is 0. The first-order valence-corrected chi connectivity index (χ1v) is 9.93. The Hall–Kier alpha value is -0.820. The van der Waals surface area contributed by atoms with E-state index < -0.39 is 9.73 Å². The lowest BCUT2D eigenvalue weighted by atomic mass is 9.99. The van der Waals surface area contributed by atoms with Crippen LogP contribution in [0, 0.1) is 5.92 Å². The van der Waals surface area contributed by atoms with Crippen LogP contribution in [0.2, 0.25) is 0 Å². The first-order chi connectivity index (χ1) is 9.94. The molecule has 0 aliphatic carbocycles. The maximum Gasteiger partial charge on any atom is 0.409 e. The van der Waals surface area contributed by atoms with Crippen molar-refractivity contribution >= 4 is 15.8 Å². The minimum Gasteiger partial charge on any atom is -0.447 e. The minimum atomic E-state index is -2.06. The molecule has 6 nitrogen and oxygen atoms in total. The van der Waals surface area contributed by atoms with Crippen LogP contribution < -0.4 is 0 Å². The van der Waals surface area contributed by atoms with Gasteiger partial charge in [0.15, 0.2) is 0 Å². The molecule has 0 aromatic heterocycles. The largest absolute Gasteiger partial charge is 0.447 e. The second kappa shape index (κ2) is 7.45. The van der Waals surface area contributed by atoms with Crippen LogP contribution in [0.1, 0.15) is 25.7 Å². The molecule has 122 valence electrons. The minimum absolute atomic E-state index is 0.0643. The number of likely N-dealkylation sites (tertiary alicyclic amines) is 1. The van der Waals surface area contributed by atoms with E-state index in [1.807, 2.05) is 0 Å². The molecule has 0 saturated carbocycles. The molecule has 21 heavy (non-hydrogen) atoms. The number of nitrogens with zero attached hydrogens (tertiary/aromatic N) is 2. The van der Waals surface area contributed by atoms with Gasteiger partial charge in [-0.2, -0.15) is 0 Å². The van der Waals surface area contributed by atoms with Crippen LogP contribution in [0.3, 0.4) is 0 Å². The predicted octanol–water partition coefficient (Wildman–Crippen LogP) is 1.74. The highest BCUT2D eigenvalue weighted by Gasteiger charge is 2.26. The van der Waals surface area contributed by atoms with Gasteiger partial charge in [-0.25, -0.2) is 9.16 Å². The number of ether oxygens (including phenoxy) is 2. The summed E-state index contributed by atoms with van der Waals surface area (Å²) in [6.45, 7) is 3.05. The number of carbonyl (C=O) groups is 1. The summed E-state index contributed by atoms with van der Waals surface area (Å²) < 4.78 is 26.6. The molecule has 1 amide bonds. The summed E-state index contributed by atoms with van der Waals surface area (Å²) in [7, 11) is -2.06. The van der Waals surface area contributed by atoms with Crippen LogP contribution in [0.25, 0.3) is 0 Å². The van der Waals surface area contributed by atoms with Crippen molar-refractivity contribution in [3.63, 3.8) is 0 Å². The van der Waals surface area contributed by atoms with E-state index in [1.165, 1.54) is 0 Å². The highest BCUT2D eigenvalue weighted by molar-refractivity contribution is 7.92. The summed E-state index contributed by atoms with van der Waals surface area (Å²) in [6.07, 6.45) is 7.07. The van der Waals surface area contributed by atoms with Crippen LogP contribution in [-0.2, 0) is 19.2 Å². The van der Waals surface area contributed by atoms with E-state index in [0.717, 1.165) is 38.8 Å². The number of carbonyl (C=O) groups excluding carboxylic acids is 1. The number of rotatable bonds is 4. The summed E-state index contributed by atoms with van der Waals surface area (Å²) in [5.41, 5.74) is 0. The monoisotopic (exact) mass is 318 g/mol. The van der Waals surface area contributed by atoms with Crippen LogP contribution in [0.5, 0.6) is 0 Å². The number of hydrogen-bond acceptors (Lipinski definition) is 5. The van der Waals surface area contributed by atoms with Gasteiger partial charge < -0.3 is 14.4 Å². The van der Waals surface area contributed by atoms with Gasteiger partial charge in [-0.3, -0.25) is 4.21 Å². The average Bonchev–Trinajstić information content (AvgIpc) is 2.95. The van der Waals surface area contributed by atoms with Crippen molar-refractivity contribution in [3.05, 3.63) is 0 Å². The smallest absolute Gasteiger partial charge is 0.409 e. The summed E-state index contributed by atoms with van der Waals surface area (Å²) in [5.74, 6) is 0.287. The molecule has 0 radical (unpaired) electrons. The molecule has 2 aliphatic heterocycles. The van der Waals surface area contributed by atoms with Crippen LogP contribution >= 0.6 is 0 Å². The highest BCUT2D eigenvalue weighted by Crippen LogP contribution is 2.19. The van der Waals surface area contributed by atoms with Crippen LogP contribution in [-0.4, -0.2) is 66.7 Å². The van der Waals surface area contributed by atoms with Gasteiger partial charge in [-0.05, 0) is 31.6 Å². The molecule has 2 heterocycles. The molecule has 2 fully saturated rings. The zero-order chi connectivity index (χ0) is 15.3. The van der Waals surface area contributed by atoms with Crippen LogP contribution in [0.15, 0.2) is 4.36 Å². The van der Waals surface area contributed by atoms with E-state index in [1.54, 1.807) is 17.4 Å². The molecule has 2 atom stereocenters. The maximum absolute atomic E-state index is 12.1. The van der Waals surface area contributed by atoms with Gasteiger partial charge in [-0.15, -0.1) is 0 Å². The maximum atomic E-state index is 12.1. The zero-order valence-corrected chi connectivity index (χ0v) is 13.8. The van der Waals surface area contributed by atoms with Gasteiger partial charge in [0.2, 0.25) is 0 Å². The van der Waals surface area contributed by atoms with Crippen molar-refractivity contribution in [2.75, 3.05) is 45.4 Å². The van der Waals surface area contributed by atoms with E-state index in [9.17, 15) is 9.00 Å². The molecule has 0 aromatic rings. The Balaban J connectivity index is 1.77.